The van der Waals surface area contributed by atoms with Gasteiger partial charge in [0.2, 0.25) is 0 Å². The van der Waals surface area contributed by atoms with E-state index >= 15 is 0 Å². The van der Waals surface area contributed by atoms with Gasteiger partial charge >= 0.3 is 0 Å². The van der Waals surface area contributed by atoms with E-state index in [2.05, 4.69) is 23.7 Å². The Balaban J connectivity index is 1.76. The molecule has 1 fully saturated rings. The average molecular weight is 198 g/mol. The molecule has 0 amide bonds. The maximum atomic E-state index is 5.64. The molecule has 1 aliphatic heterocycles. The number of hydrogen-bond donors (Lipinski definition) is 0. The zero-order valence-electron chi connectivity index (χ0n) is 7.93. The molecule has 0 N–H and O–H groups in total. The fourth-order valence-electron chi connectivity index (χ4n) is 1.38. The highest BCUT2D eigenvalue weighted by Crippen LogP contribution is 2.21. The van der Waals surface area contributed by atoms with E-state index in [1.54, 1.807) is 17.5 Å². The maximum Gasteiger partial charge on any atom is 0.273 e. The second-order valence-electron chi connectivity index (χ2n) is 3.59. The highest BCUT2D eigenvalue weighted by Gasteiger charge is 2.30. The second kappa shape index (κ2) is 3.64. The molecule has 0 atom stereocenters. The topological polar surface area (TPSA) is 25.4 Å². The van der Waals surface area contributed by atoms with Crippen molar-refractivity contribution >= 4 is 11.3 Å². The highest BCUT2D eigenvalue weighted by atomic mass is 32.1. The van der Waals surface area contributed by atoms with Crippen LogP contribution in [0.4, 0.5) is 0 Å². The van der Waals surface area contributed by atoms with Gasteiger partial charge in [0.05, 0.1) is 0 Å². The second-order valence-corrected chi connectivity index (χ2v) is 4.44. The van der Waals surface area contributed by atoms with E-state index in [1.807, 2.05) is 5.38 Å². The summed E-state index contributed by atoms with van der Waals surface area (Å²) in [5.74, 6) is 0. The van der Waals surface area contributed by atoms with Gasteiger partial charge in [-0.05, 0) is 13.8 Å². The van der Waals surface area contributed by atoms with Crippen LogP contribution < -0.4 is 4.74 Å². The van der Waals surface area contributed by atoms with Crippen LogP contribution in [0.2, 0.25) is 0 Å². The lowest BCUT2D eigenvalue weighted by molar-refractivity contribution is 0.0000452. The molecule has 0 aliphatic carbocycles. The molecule has 0 saturated carbocycles. The van der Waals surface area contributed by atoms with E-state index in [0.717, 1.165) is 18.3 Å². The van der Waals surface area contributed by atoms with Gasteiger partial charge in [0.15, 0.2) is 0 Å². The van der Waals surface area contributed by atoms with Crippen molar-refractivity contribution in [1.82, 2.24) is 9.88 Å². The van der Waals surface area contributed by atoms with E-state index in [-0.39, 0.29) is 0 Å². The van der Waals surface area contributed by atoms with Gasteiger partial charge in [-0.3, -0.25) is 4.90 Å². The largest absolute Gasteiger partial charge is 0.464 e. The molecule has 0 radical (unpaired) electrons. The van der Waals surface area contributed by atoms with Crippen molar-refractivity contribution in [1.29, 1.82) is 0 Å². The third kappa shape index (κ3) is 2.00. The van der Waals surface area contributed by atoms with E-state index in [1.165, 1.54) is 0 Å². The van der Waals surface area contributed by atoms with Gasteiger partial charge in [0.1, 0.15) is 6.10 Å². The standard InChI is InChI=1S/C9H14N2OS/c1-7(2)11-5-8(6-11)12-9-10-3-4-13-9/h3-4,7-8H,5-6H2,1-2H3. The Kier molecular flexibility index (Phi) is 2.51. The number of nitrogens with zero attached hydrogens (tertiary/aromatic N) is 2. The molecule has 72 valence electrons. The summed E-state index contributed by atoms with van der Waals surface area (Å²) in [5.41, 5.74) is 0. The monoisotopic (exact) mass is 198 g/mol. The summed E-state index contributed by atoms with van der Waals surface area (Å²) < 4.78 is 5.64. The quantitative estimate of drug-likeness (QED) is 0.738. The molecule has 1 saturated heterocycles. The summed E-state index contributed by atoms with van der Waals surface area (Å²) in [5, 5.41) is 2.74. The Morgan fingerprint density at radius 3 is 2.92 bits per heavy atom. The van der Waals surface area contributed by atoms with Gasteiger partial charge in [-0.15, -0.1) is 0 Å². The third-order valence-corrected chi connectivity index (χ3v) is 2.94. The molecule has 2 heterocycles. The van der Waals surface area contributed by atoms with Crippen LogP contribution in [0, 0.1) is 0 Å². The van der Waals surface area contributed by atoms with Crippen LogP contribution in [0.25, 0.3) is 0 Å². The summed E-state index contributed by atoms with van der Waals surface area (Å²) >= 11 is 1.56. The number of hydrogen-bond acceptors (Lipinski definition) is 4. The van der Waals surface area contributed by atoms with Crippen molar-refractivity contribution in [2.24, 2.45) is 0 Å². The van der Waals surface area contributed by atoms with Crippen molar-refractivity contribution in [2.45, 2.75) is 26.0 Å². The van der Waals surface area contributed by atoms with Crippen molar-refractivity contribution in [3.05, 3.63) is 11.6 Å². The fourth-order valence-corrected chi connectivity index (χ4v) is 1.93. The molecule has 1 aromatic heterocycles. The summed E-state index contributed by atoms with van der Waals surface area (Å²) in [6, 6.07) is 0.635. The first-order valence-corrected chi connectivity index (χ1v) is 5.44. The number of aromatic nitrogens is 1. The lowest BCUT2D eigenvalue weighted by Gasteiger charge is -2.40. The third-order valence-electron chi connectivity index (χ3n) is 2.28. The molecule has 0 aromatic carbocycles. The molecule has 4 heteroatoms. The molecule has 2 rings (SSSR count). The van der Waals surface area contributed by atoms with Gasteiger partial charge < -0.3 is 4.74 Å². The van der Waals surface area contributed by atoms with Crippen LogP contribution >= 0.6 is 11.3 Å². The average Bonchev–Trinajstić information content (AvgIpc) is 2.46. The Hall–Kier alpha value is -0.610. The Labute approximate surface area is 82.3 Å². The number of likely N-dealkylation sites (tertiary alicyclic amines) is 1. The Bertz CT molecular complexity index is 255. The van der Waals surface area contributed by atoms with E-state index in [9.17, 15) is 0 Å². The molecule has 13 heavy (non-hydrogen) atoms. The van der Waals surface area contributed by atoms with Gasteiger partial charge in [-0.1, -0.05) is 11.3 Å². The zero-order chi connectivity index (χ0) is 9.26. The minimum atomic E-state index is 0.355. The Morgan fingerprint density at radius 2 is 2.38 bits per heavy atom. The van der Waals surface area contributed by atoms with E-state index < -0.39 is 0 Å². The van der Waals surface area contributed by atoms with Crippen molar-refractivity contribution < 1.29 is 4.74 Å². The number of ether oxygens (including phenoxy) is 1. The normalized spacial score (nSPS) is 19.0. The smallest absolute Gasteiger partial charge is 0.273 e. The first kappa shape index (κ1) is 8.97. The fraction of sp³-hybridized carbons (Fsp3) is 0.667. The molecule has 0 spiro atoms. The summed E-state index contributed by atoms with van der Waals surface area (Å²) in [7, 11) is 0. The van der Waals surface area contributed by atoms with Crippen LogP contribution in [0.3, 0.4) is 0 Å². The highest BCUT2D eigenvalue weighted by molar-refractivity contribution is 7.11. The van der Waals surface area contributed by atoms with E-state index in [0.29, 0.717) is 12.1 Å². The molecular weight excluding hydrogens is 184 g/mol. The zero-order valence-corrected chi connectivity index (χ0v) is 8.75. The first-order chi connectivity index (χ1) is 6.25. The molecular formula is C9H14N2OS. The van der Waals surface area contributed by atoms with Crippen molar-refractivity contribution in [3.8, 4) is 5.19 Å². The molecule has 1 aliphatic rings. The minimum Gasteiger partial charge on any atom is -0.464 e. The lowest BCUT2D eigenvalue weighted by atomic mass is 10.1. The number of thiazole rings is 1. The van der Waals surface area contributed by atoms with Crippen LogP contribution in [-0.4, -0.2) is 35.1 Å². The van der Waals surface area contributed by atoms with Crippen LogP contribution in [-0.2, 0) is 0 Å². The van der Waals surface area contributed by atoms with Crippen LogP contribution in [0.1, 0.15) is 13.8 Å². The molecule has 0 bridgehead atoms. The van der Waals surface area contributed by atoms with Crippen molar-refractivity contribution in [3.63, 3.8) is 0 Å². The van der Waals surface area contributed by atoms with Gasteiger partial charge in [0.25, 0.3) is 5.19 Å². The SMILES string of the molecule is CC(C)N1CC(Oc2nccs2)C1. The minimum absolute atomic E-state index is 0.355. The number of rotatable bonds is 3. The maximum absolute atomic E-state index is 5.64. The predicted molar refractivity (Wildman–Crippen MR) is 53.2 cm³/mol. The summed E-state index contributed by atoms with van der Waals surface area (Å²) in [4.78, 5) is 6.47. The molecule has 3 nitrogen and oxygen atoms in total. The summed E-state index contributed by atoms with van der Waals surface area (Å²) in [6.45, 7) is 6.49. The molecule has 0 unspecified atom stereocenters. The van der Waals surface area contributed by atoms with Gasteiger partial charge in [-0.2, -0.15) is 0 Å². The van der Waals surface area contributed by atoms with Crippen LogP contribution in [0.15, 0.2) is 11.6 Å². The molecule has 1 aromatic rings. The predicted octanol–water partition coefficient (Wildman–Crippen LogP) is 1.61. The lowest BCUT2D eigenvalue weighted by Crippen LogP contribution is -2.56. The van der Waals surface area contributed by atoms with E-state index in [4.69, 9.17) is 4.74 Å². The van der Waals surface area contributed by atoms with Crippen LogP contribution in [0.5, 0.6) is 5.19 Å². The van der Waals surface area contributed by atoms with Gasteiger partial charge in [-0.25, -0.2) is 4.98 Å². The Morgan fingerprint density at radius 1 is 1.62 bits per heavy atom. The van der Waals surface area contributed by atoms with Gasteiger partial charge in [0, 0.05) is 30.7 Å². The first-order valence-electron chi connectivity index (χ1n) is 4.56. The summed E-state index contributed by atoms with van der Waals surface area (Å²) in [6.07, 6.45) is 2.13. The van der Waals surface area contributed by atoms with Crippen molar-refractivity contribution in [2.75, 3.05) is 13.1 Å².